The predicted molar refractivity (Wildman–Crippen MR) is 269 cm³/mol. The van der Waals surface area contributed by atoms with E-state index in [1.165, 1.54) is 225 Å². The average Bonchev–Trinajstić information content (AvgIpc) is 3.27. The number of carbonyl (C=O) groups excluding carboxylic acids is 2. The number of hydrogen-bond acceptors (Lipinski definition) is 5. The molecule has 1 amide bonds. The molecule has 0 spiro atoms. The van der Waals surface area contributed by atoms with E-state index >= 15 is 0 Å². The number of esters is 1. The van der Waals surface area contributed by atoms with E-state index in [4.69, 9.17) is 4.74 Å². The Hall–Kier alpha value is -1.66. The molecule has 0 aliphatic rings. The van der Waals surface area contributed by atoms with E-state index in [0.29, 0.717) is 19.4 Å². The lowest BCUT2D eigenvalue weighted by Crippen LogP contribution is -2.45. The fourth-order valence-corrected chi connectivity index (χ4v) is 8.44. The first-order valence-electron chi connectivity index (χ1n) is 27.6. The number of aliphatic hydroxyl groups is 2. The fourth-order valence-electron chi connectivity index (χ4n) is 8.44. The van der Waals surface area contributed by atoms with Crippen molar-refractivity contribution in [3.05, 3.63) is 24.3 Å². The maximum Gasteiger partial charge on any atom is 0.305 e. The van der Waals surface area contributed by atoms with E-state index in [1.54, 1.807) is 6.08 Å². The maximum atomic E-state index is 12.4. The summed E-state index contributed by atoms with van der Waals surface area (Å²) in [7, 11) is 0. The normalized spacial score (nSPS) is 12.8. The van der Waals surface area contributed by atoms with Gasteiger partial charge in [-0.25, -0.2) is 0 Å². The average molecular weight is 874 g/mol. The molecule has 3 N–H and O–H groups in total. The van der Waals surface area contributed by atoms with E-state index in [9.17, 15) is 19.8 Å². The highest BCUT2D eigenvalue weighted by Gasteiger charge is 2.18. The lowest BCUT2D eigenvalue weighted by Gasteiger charge is -2.20. The second-order valence-corrected chi connectivity index (χ2v) is 18.9. The summed E-state index contributed by atoms with van der Waals surface area (Å²) in [5.74, 6) is -0.0650. The van der Waals surface area contributed by atoms with Gasteiger partial charge in [-0.15, -0.1) is 0 Å². The largest absolute Gasteiger partial charge is 0.466 e. The van der Waals surface area contributed by atoms with Crippen LogP contribution < -0.4 is 5.32 Å². The molecule has 0 saturated carbocycles. The highest BCUT2D eigenvalue weighted by molar-refractivity contribution is 5.76. The van der Waals surface area contributed by atoms with Gasteiger partial charge in [-0.3, -0.25) is 9.59 Å². The van der Waals surface area contributed by atoms with Gasteiger partial charge in [0, 0.05) is 12.8 Å². The molecular formula is C56H107NO5. The number of aliphatic hydroxyl groups excluding tert-OH is 2. The molecule has 2 unspecified atom stereocenters. The van der Waals surface area contributed by atoms with Crippen LogP contribution in [0.3, 0.4) is 0 Å². The van der Waals surface area contributed by atoms with Gasteiger partial charge in [0.25, 0.3) is 0 Å². The molecule has 0 aliphatic carbocycles. The molecule has 0 radical (unpaired) electrons. The molecule has 0 rings (SSSR count). The molecule has 0 aliphatic heterocycles. The minimum absolute atomic E-state index is 0.00351. The van der Waals surface area contributed by atoms with Crippen molar-refractivity contribution in [2.75, 3.05) is 13.2 Å². The summed E-state index contributed by atoms with van der Waals surface area (Å²) >= 11 is 0. The molecule has 6 nitrogen and oxygen atoms in total. The van der Waals surface area contributed by atoms with Gasteiger partial charge >= 0.3 is 5.97 Å². The number of amides is 1. The van der Waals surface area contributed by atoms with Crippen molar-refractivity contribution in [2.24, 2.45) is 0 Å². The van der Waals surface area contributed by atoms with Gasteiger partial charge in [0.15, 0.2) is 0 Å². The first kappa shape index (κ1) is 60.3. The summed E-state index contributed by atoms with van der Waals surface area (Å²) < 4.78 is 5.45. The standard InChI is InChI=1S/C56H107NO5/c1-3-5-7-9-11-13-29-34-38-42-46-50-56(61)62-51-47-43-39-35-31-28-26-24-22-20-18-16-15-17-19-21-23-25-27-30-33-37-41-45-49-55(60)57-53(52-58)54(59)48-44-40-36-32-14-12-10-8-6-4-2/h9,11,44,48,53-54,58-59H,3-8,10,12-43,45-47,49-52H2,1-2H3,(H,57,60)/b11-9-,48-44+. The van der Waals surface area contributed by atoms with Crippen LogP contribution in [0.2, 0.25) is 0 Å². The zero-order valence-corrected chi connectivity index (χ0v) is 41.6. The minimum atomic E-state index is -0.841. The molecule has 0 aromatic carbocycles. The molecular weight excluding hydrogens is 767 g/mol. The molecule has 6 heteroatoms. The summed E-state index contributed by atoms with van der Waals surface area (Å²) in [4.78, 5) is 24.4. The molecule has 0 aromatic rings. The second-order valence-electron chi connectivity index (χ2n) is 18.9. The number of hydrogen-bond donors (Lipinski definition) is 3. The Morgan fingerprint density at radius 1 is 0.435 bits per heavy atom. The van der Waals surface area contributed by atoms with Crippen LogP contribution >= 0.6 is 0 Å². The highest BCUT2D eigenvalue weighted by atomic mass is 16.5. The van der Waals surface area contributed by atoms with Crippen molar-refractivity contribution < 1.29 is 24.5 Å². The molecule has 0 fully saturated rings. The lowest BCUT2D eigenvalue weighted by atomic mass is 10.0. The number of ether oxygens (including phenoxy) is 1. The SMILES string of the molecule is CCCC/C=C\CCCCCCCC(=O)OCCCCCCCCCCCCCCCCCCCCCCCCCCC(=O)NC(CO)C(O)/C=C/CCCCCCCCCC. The molecule has 62 heavy (non-hydrogen) atoms. The Balaban J connectivity index is 3.36. The number of nitrogens with one attached hydrogen (secondary N) is 1. The van der Waals surface area contributed by atoms with Crippen LogP contribution in [0.15, 0.2) is 24.3 Å². The third-order valence-corrected chi connectivity index (χ3v) is 12.7. The summed E-state index contributed by atoms with van der Waals surface area (Å²) in [6, 6.07) is -0.624. The quantitative estimate of drug-likeness (QED) is 0.0321. The molecule has 2 atom stereocenters. The van der Waals surface area contributed by atoms with E-state index < -0.39 is 12.1 Å². The van der Waals surface area contributed by atoms with E-state index in [0.717, 1.165) is 44.9 Å². The second kappa shape index (κ2) is 52.0. The zero-order valence-electron chi connectivity index (χ0n) is 41.6. The van der Waals surface area contributed by atoms with Crippen LogP contribution in [0, 0.1) is 0 Å². The Morgan fingerprint density at radius 2 is 0.774 bits per heavy atom. The lowest BCUT2D eigenvalue weighted by molar-refractivity contribution is -0.143. The molecule has 0 saturated heterocycles. The smallest absolute Gasteiger partial charge is 0.305 e. The Morgan fingerprint density at radius 3 is 1.19 bits per heavy atom. The maximum absolute atomic E-state index is 12.4. The number of rotatable bonds is 51. The minimum Gasteiger partial charge on any atom is -0.466 e. The van der Waals surface area contributed by atoms with Crippen LogP contribution in [0.1, 0.15) is 296 Å². The molecule has 0 heterocycles. The topological polar surface area (TPSA) is 95.9 Å². The number of carbonyl (C=O) groups is 2. The van der Waals surface area contributed by atoms with Crippen molar-refractivity contribution in [2.45, 2.75) is 309 Å². The predicted octanol–water partition coefficient (Wildman–Crippen LogP) is 16.7. The van der Waals surface area contributed by atoms with Gasteiger partial charge in [-0.2, -0.15) is 0 Å². The summed E-state index contributed by atoms with van der Waals surface area (Å²) in [6.07, 6.45) is 62.1. The zero-order chi connectivity index (χ0) is 45.1. The highest BCUT2D eigenvalue weighted by Crippen LogP contribution is 2.17. The van der Waals surface area contributed by atoms with Crippen LogP contribution in [0.25, 0.3) is 0 Å². The summed E-state index contributed by atoms with van der Waals surface area (Å²) in [5, 5.41) is 23.0. The summed E-state index contributed by atoms with van der Waals surface area (Å²) in [6.45, 7) is 4.85. The van der Waals surface area contributed by atoms with Gasteiger partial charge in [-0.1, -0.05) is 256 Å². The third kappa shape index (κ3) is 47.8. The van der Waals surface area contributed by atoms with Crippen LogP contribution in [0.5, 0.6) is 0 Å². The number of unbranched alkanes of at least 4 members (excludes halogenated alkanes) is 38. The van der Waals surface area contributed by atoms with E-state index in [1.807, 2.05) is 6.08 Å². The first-order valence-corrected chi connectivity index (χ1v) is 27.6. The van der Waals surface area contributed by atoms with Crippen LogP contribution in [-0.4, -0.2) is 47.4 Å². The Bertz CT molecular complexity index is 966. The molecule has 0 bridgehead atoms. The summed E-state index contributed by atoms with van der Waals surface area (Å²) in [5.41, 5.74) is 0. The fraction of sp³-hybridized carbons (Fsp3) is 0.893. The number of allylic oxidation sites excluding steroid dienone is 3. The first-order chi connectivity index (χ1) is 30.5. The van der Waals surface area contributed by atoms with Crippen molar-refractivity contribution in [1.82, 2.24) is 5.32 Å². The van der Waals surface area contributed by atoms with Gasteiger partial charge in [0.05, 0.1) is 25.4 Å². The van der Waals surface area contributed by atoms with Gasteiger partial charge < -0.3 is 20.3 Å². The van der Waals surface area contributed by atoms with Gasteiger partial charge in [0.1, 0.15) is 0 Å². The third-order valence-electron chi connectivity index (χ3n) is 12.7. The monoisotopic (exact) mass is 874 g/mol. The van der Waals surface area contributed by atoms with Gasteiger partial charge in [0.2, 0.25) is 5.91 Å². The van der Waals surface area contributed by atoms with Crippen molar-refractivity contribution in [3.63, 3.8) is 0 Å². The van der Waals surface area contributed by atoms with Crippen molar-refractivity contribution in [3.8, 4) is 0 Å². The Kier molecular flexibility index (Phi) is 50.6. The Labute approximate surface area is 386 Å². The van der Waals surface area contributed by atoms with Crippen molar-refractivity contribution >= 4 is 11.9 Å². The van der Waals surface area contributed by atoms with Gasteiger partial charge in [-0.05, 0) is 51.4 Å². The van der Waals surface area contributed by atoms with E-state index in [-0.39, 0.29) is 18.5 Å². The van der Waals surface area contributed by atoms with Crippen LogP contribution in [0.4, 0.5) is 0 Å². The van der Waals surface area contributed by atoms with Crippen LogP contribution in [-0.2, 0) is 14.3 Å². The van der Waals surface area contributed by atoms with Crippen molar-refractivity contribution in [1.29, 1.82) is 0 Å². The molecule has 366 valence electrons. The van der Waals surface area contributed by atoms with E-state index in [2.05, 4.69) is 31.3 Å². The molecule has 0 aromatic heterocycles.